The van der Waals surface area contributed by atoms with E-state index in [1.165, 1.54) is 0 Å². The second-order valence-corrected chi connectivity index (χ2v) is 5.64. The van der Waals surface area contributed by atoms with Crippen molar-refractivity contribution in [3.63, 3.8) is 0 Å². The van der Waals surface area contributed by atoms with Crippen molar-refractivity contribution in [3.05, 3.63) is 23.6 Å². The van der Waals surface area contributed by atoms with Gasteiger partial charge >= 0.3 is 0 Å². The van der Waals surface area contributed by atoms with Gasteiger partial charge in [0.15, 0.2) is 11.6 Å². The van der Waals surface area contributed by atoms with Crippen LogP contribution in [0.25, 0.3) is 0 Å². The molecule has 0 spiro atoms. The Morgan fingerprint density at radius 2 is 2.05 bits per heavy atom. The molecule has 0 aromatic carbocycles. The molecule has 1 aliphatic heterocycles. The molecule has 1 fully saturated rings. The summed E-state index contributed by atoms with van der Waals surface area (Å²) in [6.07, 6.45) is 2.77. The Balaban J connectivity index is 2.11. The normalized spacial score (nSPS) is 23.1. The maximum Gasteiger partial charge on any atom is 0.170 e. The number of halogens is 1. The molecule has 0 bridgehead atoms. The standard InChI is InChI=1S/C15H24FN3/c1-4-6-17-8-13-5-7-18-15(14(13)16)19-9-11(2)12(3)10-19/h5,7,11-12,17H,4,6,8-10H2,1-3H3. The van der Waals surface area contributed by atoms with Gasteiger partial charge in [-0.15, -0.1) is 0 Å². The fourth-order valence-corrected chi connectivity index (χ4v) is 2.53. The van der Waals surface area contributed by atoms with Crippen LogP contribution in [0, 0.1) is 17.7 Å². The minimum atomic E-state index is -0.160. The number of aromatic nitrogens is 1. The average molecular weight is 265 g/mol. The van der Waals surface area contributed by atoms with Crippen molar-refractivity contribution in [2.75, 3.05) is 24.5 Å². The predicted octanol–water partition coefficient (Wildman–Crippen LogP) is 2.81. The van der Waals surface area contributed by atoms with E-state index in [4.69, 9.17) is 0 Å². The molecule has 2 rings (SSSR count). The van der Waals surface area contributed by atoms with Crippen LogP contribution in [-0.4, -0.2) is 24.6 Å². The molecule has 1 aromatic heterocycles. The van der Waals surface area contributed by atoms with Gasteiger partial charge < -0.3 is 10.2 Å². The highest BCUT2D eigenvalue weighted by atomic mass is 19.1. The Kier molecular flexibility index (Phi) is 4.75. The molecule has 1 aromatic rings. The van der Waals surface area contributed by atoms with Gasteiger partial charge in [-0.1, -0.05) is 20.8 Å². The highest BCUT2D eigenvalue weighted by Crippen LogP contribution is 2.28. The first kappa shape index (κ1) is 14.3. The molecule has 3 nitrogen and oxygen atoms in total. The Labute approximate surface area is 115 Å². The zero-order valence-corrected chi connectivity index (χ0v) is 12.1. The number of pyridine rings is 1. The Morgan fingerprint density at radius 1 is 1.37 bits per heavy atom. The second kappa shape index (κ2) is 6.33. The van der Waals surface area contributed by atoms with Gasteiger partial charge in [0, 0.05) is 31.4 Å². The van der Waals surface area contributed by atoms with Crippen LogP contribution in [0.3, 0.4) is 0 Å². The van der Waals surface area contributed by atoms with Crippen LogP contribution >= 0.6 is 0 Å². The summed E-state index contributed by atoms with van der Waals surface area (Å²) in [5.74, 6) is 1.56. The summed E-state index contributed by atoms with van der Waals surface area (Å²) in [4.78, 5) is 6.32. The lowest BCUT2D eigenvalue weighted by Crippen LogP contribution is -2.23. The number of anilines is 1. The van der Waals surface area contributed by atoms with E-state index >= 15 is 0 Å². The molecule has 1 aliphatic rings. The highest BCUT2D eigenvalue weighted by Gasteiger charge is 2.29. The molecule has 19 heavy (non-hydrogen) atoms. The SMILES string of the molecule is CCCNCc1ccnc(N2CC(C)C(C)C2)c1F. The molecule has 2 unspecified atom stereocenters. The predicted molar refractivity (Wildman–Crippen MR) is 76.7 cm³/mol. The van der Waals surface area contributed by atoms with E-state index in [1.54, 1.807) is 12.3 Å². The summed E-state index contributed by atoms with van der Waals surface area (Å²) in [6.45, 7) is 9.83. The molecule has 0 radical (unpaired) electrons. The van der Waals surface area contributed by atoms with Crippen LogP contribution in [0.15, 0.2) is 12.3 Å². The van der Waals surface area contributed by atoms with Crippen molar-refractivity contribution in [2.24, 2.45) is 11.8 Å². The number of nitrogens with zero attached hydrogens (tertiary/aromatic N) is 2. The minimum Gasteiger partial charge on any atom is -0.354 e. The van der Waals surface area contributed by atoms with Gasteiger partial charge in [-0.25, -0.2) is 9.37 Å². The number of hydrogen-bond acceptors (Lipinski definition) is 3. The molecule has 0 amide bonds. The van der Waals surface area contributed by atoms with Gasteiger partial charge in [-0.2, -0.15) is 0 Å². The fraction of sp³-hybridized carbons (Fsp3) is 0.667. The van der Waals surface area contributed by atoms with E-state index in [1.807, 2.05) is 0 Å². The van der Waals surface area contributed by atoms with E-state index in [9.17, 15) is 4.39 Å². The molecule has 4 heteroatoms. The molecule has 2 atom stereocenters. The monoisotopic (exact) mass is 265 g/mol. The third kappa shape index (κ3) is 3.24. The van der Waals surface area contributed by atoms with Crippen molar-refractivity contribution < 1.29 is 4.39 Å². The molecule has 2 heterocycles. The Bertz CT molecular complexity index is 412. The van der Waals surface area contributed by atoms with Crippen LogP contribution in [-0.2, 0) is 6.54 Å². The summed E-state index contributed by atoms with van der Waals surface area (Å²) in [5.41, 5.74) is 0.714. The lowest BCUT2D eigenvalue weighted by atomic mass is 10.0. The zero-order chi connectivity index (χ0) is 13.8. The lowest BCUT2D eigenvalue weighted by molar-refractivity contribution is 0.494. The van der Waals surface area contributed by atoms with Gasteiger partial charge in [0.1, 0.15) is 0 Å². The summed E-state index contributed by atoms with van der Waals surface area (Å²) < 4.78 is 14.5. The van der Waals surface area contributed by atoms with Gasteiger partial charge in [0.2, 0.25) is 0 Å². The van der Waals surface area contributed by atoms with E-state index in [0.717, 1.165) is 26.1 Å². The average Bonchev–Trinajstić information content (AvgIpc) is 2.72. The molecule has 1 saturated heterocycles. The molecule has 0 aliphatic carbocycles. The van der Waals surface area contributed by atoms with E-state index in [2.05, 4.69) is 36.0 Å². The van der Waals surface area contributed by atoms with Gasteiger partial charge in [-0.05, 0) is 30.9 Å². The number of rotatable bonds is 5. The molecular formula is C15H24FN3. The summed E-state index contributed by atoms with van der Waals surface area (Å²) in [5, 5.41) is 3.24. The second-order valence-electron chi connectivity index (χ2n) is 5.64. The van der Waals surface area contributed by atoms with E-state index in [-0.39, 0.29) is 5.82 Å². The quantitative estimate of drug-likeness (QED) is 0.830. The first-order valence-electron chi connectivity index (χ1n) is 7.22. The summed E-state index contributed by atoms with van der Waals surface area (Å²) in [6, 6.07) is 1.77. The van der Waals surface area contributed by atoms with Crippen LogP contribution in [0.4, 0.5) is 10.2 Å². The third-order valence-electron chi connectivity index (χ3n) is 3.98. The number of hydrogen-bond donors (Lipinski definition) is 1. The first-order valence-corrected chi connectivity index (χ1v) is 7.22. The van der Waals surface area contributed by atoms with E-state index in [0.29, 0.717) is 29.8 Å². The largest absolute Gasteiger partial charge is 0.354 e. The number of nitrogens with one attached hydrogen (secondary N) is 1. The topological polar surface area (TPSA) is 28.2 Å². The molecular weight excluding hydrogens is 241 g/mol. The summed E-state index contributed by atoms with van der Waals surface area (Å²) in [7, 11) is 0. The highest BCUT2D eigenvalue weighted by molar-refractivity contribution is 5.44. The maximum atomic E-state index is 14.5. The Hall–Kier alpha value is -1.16. The van der Waals surface area contributed by atoms with Crippen LogP contribution in [0.1, 0.15) is 32.8 Å². The molecule has 106 valence electrons. The van der Waals surface area contributed by atoms with Crippen molar-refractivity contribution in [3.8, 4) is 0 Å². The Morgan fingerprint density at radius 3 is 2.68 bits per heavy atom. The minimum absolute atomic E-state index is 0.160. The van der Waals surface area contributed by atoms with Crippen molar-refractivity contribution >= 4 is 5.82 Å². The fourth-order valence-electron chi connectivity index (χ4n) is 2.53. The molecule has 0 saturated carbocycles. The van der Waals surface area contributed by atoms with Gasteiger partial charge in [0.05, 0.1) is 0 Å². The molecule has 1 N–H and O–H groups in total. The van der Waals surface area contributed by atoms with Gasteiger partial charge in [0.25, 0.3) is 0 Å². The van der Waals surface area contributed by atoms with Gasteiger partial charge in [-0.3, -0.25) is 0 Å². The zero-order valence-electron chi connectivity index (χ0n) is 12.1. The first-order chi connectivity index (χ1) is 9.13. The van der Waals surface area contributed by atoms with Crippen molar-refractivity contribution in [2.45, 2.75) is 33.7 Å². The lowest BCUT2D eigenvalue weighted by Gasteiger charge is -2.19. The van der Waals surface area contributed by atoms with Crippen molar-refractivity contribution in [1.82, 2.24) is 10.3 Å². The van der Waals surface area contributed by atoms with Crippen molar-refractivity contribution in [1.29, 1.82) is 0 Å². The smallest absolute Gasteiger partial charge is 0.170 e. The summed E-state index contributed by atoms with van der Waals surface area (Å²) >= 11 is 0. The van der Waals surface area contributed by atoms with Crippen LogP contribution < -0.4 is 10.2 Å². The third-order valence-corrected chi connectivity index (χ3v) is 3.98. The van der Waals surface area contributed by atoms with Crippen LogP contribution in [0.5, 0.6) is 0 Å². The maximum absolute atomic E-state index is 14.5. The van der Waals surface area contributed by atoms with E-state index < -0.39 is 0 Å². The van der Waals surface area contributed by atoms with Crippen LogP contribution in [0.2, 0.25) is 0 Å².